The molecule has 0 bridgehead atoms. The normalized spacial score (nSPS) is 18.5. The first kappa shape index (κ1) is 11.0. The van der Waals surface area contributed by atoms with Gasteiger partial charge in [0, 0.05) is 22.9 Å². The van der Waals surface area contributed by atoms with Gasteiger partial charge in [0.25, 0.3) is 9.05 Å². The van der Waals surface area contributed by atoms with Gasteiger partial charge in [-0.1, -0.05) is 12.8 Å². The van der Waals surface area contributed by atoms with E-state index >= 15 is 0 Å². The quantitative estimate of drug-likeness (QED) is 0.755. The van der Waals surface area contributed by atoms with Crippen LogP contribution >= 0.6 is 10.7 Å². The van der Waals surface area contributed by atoms with Crippen molar-refractivity contribution in [1.82, 2.24) is 9.55 Å². The van der Waals surface area contributed by atoms with Crippen molar-refractivity contribution in [2.45, 2.75) is 43.7 Å². The van der Waals surface area contributed by atoms with Crippen LogP contribution in [0.15, 0.2) is 11.2 Å². The Kier molecular flexibility index (Phi) is 2.77. The molecule has 0 aliphatic heterocycles. The Hall–Kier alpha value is -0.550. The van der Waals surface area contributed by atoms with Gasteiger partial charge < -0.3 is 4.57 Å². The van der Waals surface area contributed by atoms with Crippen LogP contribution in [0.25, 0.3) is 0 Å². The molecule has 0 aromatic carbocycles. The minimum Gasteiger partial charge on any atom is -0.331 e. The second-order valence-corrected chi connectivity index (χ2v) is 6.42. The molecule has 1 aliphatic carbocycles. The molecule has 0 N–H and O–H groups in total. The molecule has 1 fully saturated rings. The maximum atomic E-state index is 11.1. The second kappa shape index (κ2) is 3.79. The second-order valence-electron chi connectivity index (χ2n) is 3.91. The van der Waals surface area contributed by atoms with Gasteiger partial charge in [0.2, 0.25) is 0 Å². The predicted molar refractivity (Wildman–Crippen MR) is 57.5 cm³/mol. The Morgan fingerprint density at radius 2 is 2.07 bits per heavy atom. The molecule has 0 amide bonds. The summed E-state index contributed by atoms with van der Waals surface area (Å²) in [6.45, 7) is 1.81. The predicted octanol–water partition coefficient (Wildman–Crippen LogP) is 2.23. The molecule has 2 rings (SSSR count). The van der Waals surface area contributed by atoms with Gasteiger partial charge >= 0.3 is 0 Å². The molecule has 1 aromatic heterocycles. The summed E-state index contributed by atoms with van der Waals surface area (Å²) < 4.78 is 24.1. The Morgan fingerprint density at radius 1 is 1.47 bits per heavy atom. The van der Waals surface area contributed by atoms with E-state index in [1.54, 1.807) is 6.20 Å². The van der Waals surface area contributed by atoms with Gasteiger partial charge in [-0.05, 0) is 19.8 Å². The largest absolute Gasteiger partial charge is 0.331 e. The van der Waals surface area contributed by atoms with Gasteiger partial charge in [0.1, 0.15) is 5.82 Å². The third-order valence-corrected chi connectivity index (χ3v) is 4.03. The van der Waals surface area contributed by atoms with Gasteiger partial charge in [-0.25, -0.2) is 13.4 Å². The van der Waals surface area contributed by atoms with Crippen molar-refractivity contribution >= 4 is 19.7 Å². The molecule has 0 spiro atoms. The van der Waals surface area contributed by atoms with Crippen LogP contribution in [0.2, 0.25) is 0 Å². The molecular weight excluding hydrogens is 236 g/mol. The first-order valence-electron chi connectivity index (χ1n) is 4.98. The number of halogens is 1. The Balaban J connectivity index is 2.37. The summed E-state index contributed by atoms with van der Waals surface area (Å²) in [4.78, 5) is 3.97. The van der Waals surface area contributed by atoms with Crippen LogP contribution in [0.3, 0.4) is 0 Å². The highest BCUT2D eigenvalue weighted by atomic mass is 35.7. The zero-order chi connectivity index (χ0) is 11.1. The SMILES string of the molecule is Cc1nc(S(=O)(=O)Cl)cn1C1CCCC1. The summed E-state index contributed by atoms with van der Waals surface area (Å²) in [5.74, 6) is 0.723. The minimum atomic E-state index is -3.69. The Labute approximate surface area is 93.7 Å². The molecule has 0 atom stereocenters. The van der Waals surface area contributed by atoms with E-state index < -0.39 is 9.05 Å². The third kappa shape index (κ3) is 2.18. The standard InChI is InChI=1S/C9H13ClN2O2S/c1-7-11-9(15(10,13)14)6-12(7)8-4-2-3-5-8/h6,8H,2-5H2,1H3. The smallest absolute Gasteiger partial charge is 0.280 e. The first-order valence-corrected chi connectivity index (χ1v) is 7.29. The molecule has 0 unspecified atom stereocenters. The summed E-state index contributed by atoms with van der Waals surface area (Å²) in [6, 6.07) is 0.393. The Morgan fingerprint density at radius 3 is 2.53 bits per heavy atom. The van der Waals surface area contributed by atoms with Crippen molar-refractivity contribution in [3.05, 3.63) is 12.0 Å². The topological polar surface area (TPSA) is 52.0 Å². The van der Waals surface area contributed by atoms with Crippen LogP contribution < -0.4 is 0 Å². The molecule has 1 saturated carbocycles. The zero-order valence-corrected chi connectivity index (χ0v) is 10.1. The molecule has 84 valence electrons. The molecule has 0 saturated heterocycles. The van der Waals surface area contributed by atoms with E-state index in [1.165, 1.54) is 12.8 Å². The van der Waals surface area contributed by atoms with Crippen molar-refractivity contribution in [1.29, 1.82) is 0 Å². The lowest BCUT2D eigenvalue weighted by atomic mass is 10.2. The highest BCUT2D eigenvalue weighted by Crippen LogP contribution is 2.31. The molecule has 0 radical (unpaired) electrons. The van der Waals surface area contributed by atoms with Crippen LogP contribution in [-0.2, 0) is 9.05 Å². The average molecular weight is 249 g/mol. The molecule has 1 aromatic rings. The van der Waals surface area contributed by atoms with Gasteiger partial charge in [0.05, 0.1) is 0 Å². The number of hydrogen-bond donors (Lipinski definition) is 0. The fourth-order valence-corrected chi connectivity index (χ4v) is 2.83. The first-order chi connectivity index (χ1) is 6.98. The zero-order valence-electron chi connectivity index (χ0n) is 8.48. The number of imidazole rings is 1. The molecule has 6 heteroatoms. The summed E-state index contributed by atoms with van der Waals surface area (Å²) in [6.07, 6.45) is 6.14. The highest BCUT2D eigenvalue weighted by molar-refractivity contribution is 8.13. The van der Waals surface area contributed by atoms with Gasteiger partial charge in [-0.2, -0.15) is 0 Å². The summed E-state index contributed by atoms with van der Waals surface area (Å²) in [5, 5.41) is -0.0337. The fraction of sp³-hybridized carbons (Fsp3) is 0.667. The molecule has 1 aliphatic rings. The van der Waals surface area contributed by atoms with E-state index in [2.05, 4.69) is 4.98 Å². The van der Waals surface area contributed by atoms with E-state index in [9.17, 15) is 8.42 Å². The van der Waals surface area contributed by atoms with Crippen molar-refractivity contribution in [3.8, 4) is 0 Å². The van der Waals surface area contributed by atoms with E-state index in [0.717, 1.165) is 18.7 Å². The van der Waals surface area contributed by atoms with E-state index in [0.29, 0.717) is 6.04 Å². The van der Waals surface area contributed by atoms with Crippen LogP contribution in [0.1, 0.15) is 37.5 Å². The van der Waals surface area contributed by atoms with Crippen molar-refractivity contribution in [2.24, 2.45) is 0 Å². The van der Waals surface area contributed by atoms with E-state index in [4.69, 9.17) is 10.7 Å². The van der Waals surface area contributed by atoms with Crippen LogP contribution in [0, 0.1) is 6.92 Å². The molecular formula is C9H13ClN2O2S. The average Bonchev–Trinajstić information content (AvgIpc) is 2.69. The third-order valence-electron chi connectivity index (χ3n) is 2.86. The maximum absolute atomic E-state index is 11.1. The summed E-state index contributed by atoms with van der Waals surface area (Å²) in [7, 11) is 1.55. The summed E-state index contributed by atoms with van der Waals surface area (Å²) >= 11 is 0. The van der Waals surface area contributed by atoms with Crippen LogP contribution in [0.5, 0.6) is 0 Å². The number of rotatable bonds is 2. The maximum Gasteiger partial charge on any atom is 0.280 e. The molecule has 4 nitrogen and oxygen atoms in total. The van der Waals surface area contributed by atoms with Crippen LogP contribution in [-0.4, -0.2) is 18.0 Å². The fourth-order valence-electron chi connectivity index (χ4n) is 2.13. The molecule has 15 heavy (non-hydrogen) atoms. The summed E-state index contributed by atoms with van der Waals surface area (Å²) in [5.41, 5.74) is 0. The van der Waals surface area contributed by atoms with E-state index in [1.807, 2.05) is 11.5 Å². The minimum absolute atomic E-state index is 0.0337. The number of aromatic nitrogens is 2. The van der Waals surface area contributed by atoms with Crippen LogP contribution in [0.4, 0.5) is 0 Å². The lowest BCUT2D eigenvalue weighted by molar-refractivity contribution is 0.505. The van der Waals surface area contributed by atoms with Crippen molar-refractivity contribution in [3.63, 3.8) is 0 Å². The molecule has 1 heterocycles. The van der Waals surface area contributed by atoms with Crippen molar-refractivity contribution < 1.29 is 8.42 Å². The van der Waals surface area contributed by atoms with Gasteiger partial charge in [0.15, 0.2) is 5.03 Å². The van der Waals surface area contributed by atoms with E-state index in [-0.39, 0.29) is 5.03 Å². The lowest BCUT2D eigenvalue weighted by Gasteiger charge is -2.11. The monoisotopic (exact) mass is 248 g/mol. The van der Waals surface area contributed by atoms with Gasteiger partial charge in [-0.3, -0.25) is 0 Å². The number of hydrogen-bond acceptors (Lipinski definition) is 3. The lowest BCUT2D eigenvalue weighted by Crippen LogP contribution is -2.05. The van der Waals surface area contributed by atoms with Crippen molar-refractivity contribution in [2.75, 3.05) is 0 Å². The number of nitrogens with zero attached hydrogens (tertiary/aromatic N) is 2. The Bertz CT molecular complexity index is 460. The highest BCUT2D eigenvalue weighted by Gasteiger charge is 2.22. The number of aryl methyl sites for hydroxylation is 1. The van der Waals surface area contributed by atoms with Gasteiger partial charge in [-0.15, -0.1) is 0 Å².